The predicted octanol–water partition coefficient (Wildman–Crippen LogP) is 5.67. The van der Waals surface area contributed by atoms with Crippen molar-refractivity contribution < 1.29 is 9.53 Å². The van der Waals surface area contributed by atoms with Gasteiger partial charge in [0.1, 0.15) is 5.75 Å². The molecule has 0 saturated heterocycles. The molecule has 0 aliphatic heterocycles. The highest BCUT2D eigenvalue weighted by Crippen LogP contribution is 2.34. The number of rotatable bonds is 4. The van der Waals surface area contributed by atoms with E-state index in [0.717, 1.165) is 16.8 Å². The Morgan fingerprint density at radius 2 is 1.70 bits per heavy atom. The minimum atomic E-state index is -0.745. The summed E-state index contributed by atoms with van der Waals surface area (Å²) < 4.78 is 5.59. The maximum absolute atomic E-state index is 12.3. The van der Waals surface area contributed by atoms with Crippen LogP contribution in [0.1, 0.15) is 18.1 Å². The first-order valence-corrected chi connectivity index (χ1v) is 8.10. The van der Waals surface area contributed by atoms with Crippen LogP contribution in [0, 0.1) is 13.8 Å². The number of nitrogens with one attached hydrogen (secondary N) is 1. The highest BCUT2D eigenvalue weighted by Gasteiger charge is 2.18. The van der Waals surface area contributed by atoms with Crippen LogP contribution in [0.2, 0.25) is 15.1 Å². The molecular weight excluding hydrogens is 357 g/mol. The van der Waals surface area contributed by atoms with E-state index >= 15 is 0 Å². The van der Waals surface area contributed by atoms with Gasteiger partial charge in [-0.3, -0.25) is 4.79 Å². The molecule has 0 heterocycles. The summed E-state index contributed by atoms with van der Waals surface area (Å²) in [4.78, 5) is 12.3. The third-order valence-electron chi connectivity index (χ3n) is 3.29. The van der Waals surface area contributed by atoms with E-state index in [1.807, 2.05) is 32.0 Å². The van der Waals surface area contributed by atoms with Crippen LogP contribution in [0.25, 0.3) is 0 Å². The topological polar surface area (TPSA) is 38.3 Å². The summed E-state index contributed by atoms with van der Waals surface area (Å²) in [6, 6.07) is 8.77. The molecule has 0 aliphatic rings. The van der Waals surface area contributed by atoms with Gasteiger partial charge in [0.15, 0.2) is 6.10 Å². The molecule has 6 heteroatoms. The molecular formula is C17H16Cl3NO2. The van der Waals surface area contributed by atoms with Gasteiger partial charge in [0, 0.05) is 11.8 Å². The summed E-state index contributed by atoms with van der Waals surface area (Å²) in [5, 5.41) is 3.78. The molecule has 0 bridgehead atoms. The monoisotopic (exact) mass is 371 g/mol. The second-order valence-electron chi connectivity index (χ2n) is 5.26. The Hall–Kier alpha value is -1.42. The quantitative estimate of drug-likeness (QED) is 0.702. The maximum Gasteiger partial charge on any atom is 0.265 e. The molecule has 0 unspecified atom stereocenters. The Morgan fingerprint density at radius 1 is 1.04 bits per heavy atom. The zero-order valence-electron chi connectivity index (χ0n) is 12.9. The zero-order valence-corrected chi connectivity index (χ0v) is 15.2. The first-order chi connectivity index (χ1) is 10.8. The Kier molecular flexibility index (Phi) is 5.79. The molecule has 1 atom stereocenters. The number of hydrogen-bond donors (Lipinski definition) is 1. The smallest absolute Gasteiger partial charge is 0.265 e. The van der Waals surface area contributed by atoms with Crippen LogP contribution in [0.5, 0.6) is 5.75 Å². The van der Waals surface area contributed by atoms with E-state index in [1.54, 1.807) is 6.92 Å². The molecule has 0 fully saturated rings. The number of benzene rings is 2. The molecule has 3 nitrogen and oxygen atoms in total. The van der Waals surface area contributed by atoms with Gasteiger partial charge in [-0.15, -0.1) is 0 Å². The summed E-state index contributed by atoms with van der Waals surface area (Å²) >= 11 is 17.9. The predicted molar refractivity (Wildman–Crippen MR) is 96.1 cm³/mol. The Labute approximate surface area is 150 Å². The third kappa shape index (κ3) is 4.54. The minimum absolute atomic E-state index is 0.279. The minimum Gasteiger partial charge on any atom is -0.479 e. The molecule has 2 rings (SSSR count). The second kappa shape index (κ2) is 7.43. The fourth-order valence-corrected chi connectivity index (χ4v) is 2.61. The molecule has 0 aliphatic carbocycles. The van der Waals surface area contributed by atoms with Gasteiger partial charge in [-0.25, -0.2) is 0 Å². The van der Waals surface area contributed by atoms with Crippen molar-refractivity contribution in [1.82, 2.24) is 0 Å². The lowest BCUT2D eigenvalue weighted by molar-refractivity contribution is -0.122. The SMILES string of the molecule is Cc1ccc(NC(=O)[C@@H](C)Oc2cc(Cl)c(Cl)cc2Cl)c(C)c1. The van der Waals surface area contributed by atoms with E-state index in [0.29, 0.717) is 20.8 Å². The normalized spacial score (nSPS) is 11.9. The molecule has 0 aromatic heterocycles. The summed E-state index contributed by atoms with van der Waals surface area (Å²) in [6.07, 6.45) is -0.745. The Balaban J connectivity index is 2.10. The molecule has 0 radical (unpaired) electrons. The molecule has 23 heavy (non-hydrogen) atoms. The molecule has 1 amide bonds. The number of ether oxygens (including phenoxy) is 1. The van der Waals surface area contributed by atoms with Crippen molar-refractivity contribution >= 4 is 46.4 Å². The van der Waals surface area contributed by atoms with Crippen molar-refractivity contribution in [1.29, 1.82) is 0 Å². The van der Waals surface area contributed by atoms with Crippen LogP contribution in [-0.2, 0) is 4.79 Å². The molecule has 0 saturated carbocycles. The van der Waals surface area contributed by atoms with Crippen molar-refractivity contribution in [3.8, 4) is 5.75 Å². The number of carbonyl (C=O) groups excluding carboxylic acids is 1. The molecule has 0 spiro atoms. The van der Waals surface area contributed by atoms with Crippen LogP contribution < -0.4 is 10.1 Å². The number of halogens is 3. The van der Waals surface area contributed by atoms with Crippen LogP contribution in [0.4, 0.5) is 5.69 Å². The van der Waals surface area contributed by atoms with Crippen molar-refractivity contribution in [2.45, 2.75) is 26.9 Å². The van der Waals surface area contributed by atoms with Gasteiger partial charge in [-0.1, -0.05) is 52.5 Å². The highest BCUT2D eigenvalue weighted by molar-refractivity contribution is 6.43. The van der Waals surface area contributed by atoms with Crippen LogP contribution in [0.15, 0.2) is 30.3 Å². The van der Waals surface area contributed by atoms with E-state index < -0.39 is 6.10 Å². The van der Waals surface area contributed by atoms with Crippen molar-refractivity contribution in [3.63, 3.8) is 0 Å². The van der Waals surface area contributed by atoms with Gasteiger partial charge in [-0.05, 0) is 38.5 Å². The summed E-state index contributed by atoms with van der Waals surface area (Å²) in [7, 11) is 0. The number of aryl methyl sites for hydroxylation is 2. The van der Waals surface area contributed by atoms with Gasteiger partial charge < -0.3 is 10.1 Å². The third-order valence-corrected chi connectivity index (χ3v) is 4.31. The van der Waals surface area contributed by atoms with Gasteiger partial charge in [0.05, 0.1) is 15.1 Å². The summed E-state index contributed by atoms with van der Waals surface area (Å²) in [6.45, 7) is 5.57. The van der Waals surface area contributed by atoms with Gasteiger partial charge in [-0.2, -0.15) is 0 Å². The largest absolute Gasteiger partial charge is 0.479 e. The Morgan fingerprint density at radius 3 is 2.35 bits per heavy atom. The van der Waals surface area contributed by atoms with Crippen LogP contribution in [0.3, 0.4) is 0 Å². The van der Waals surface area contributed by atoms with E-state index in [4.69, 9.17) is 39.5 Å². The van der Waals surface area contributed by atoms with Gasteiger partial charge in [0.2, 0.25) is 0 Å². The van der Waals surface area contributed by atoms with Crippen molar-refractivity contribution in [2.75, 3.05) is 5.32 Å². The number of hydrogen-bond acceptors (Lipinski definition) is 2. The standard InChI is InChI=1S/C17H16Cl3NO2/c1-9-4-5-15(10(2)6-9)21-17(22)11(3)23-16-8-13(19)12(18)7-14(16)20/h4-8,11H,1-3H3,(H,21,22)/t11-/m1/s1. The molecule has 2 aromatic rings. The van der Waals surface area contributed by atoms with E-state index in [-0.39, 0.29) is 5.91 Å². The summed E-state index contributed by atoms with van der Waals surface area (Å²) in [5.74, 6) is 0.0310. The summed E-state index contributed by atoms with van der Waals surface area (Å²) in [5.41, 5.74) is 2.86. The number of carbonyl (C=O) groups is 1. The average molecular weight is 373 g/mol. The fraction of sp³-hybridized carbons (Fsp3) is 0.235. The van der Waals surface area contributed by atoms with E-state index in [1.165, 1.54) is 12.1 Å². The van der Waals surface area contributed by atoms with Crippen LogP contribution >= 0.6 is 34.8 Å². The van der Waals surface area contributed by atoms with Gasteiger partial charge in [0.25, 0.3) is 5.91 Å². The first-order valence-electron chi connectivity index (χ1n) is 6.97. The lowest BCUT2D eigenvalue weighted by atomic mass is 10.1. The Bertz CT molecular complexity index is 747. The molecule has 1 N–H and O–H groups in total. The lowest BCUT2D eigenvalue weighted by Gasteiger charge is -2.17. The maximum atomic E-state index is 12.3. The zero-order chi connectivity index (χ0) is 17.1. The number of amides is 1. The first kappa shape index (κ1) is 17.9. The van der Waals surface area contributed by atoms with E-state index in [9.17, 15) is 4.79 Å². The van der Waals surface area contributed by atoms with E-state index in [2.05, 4.69) is 5.32 Å². The second-order valence-corrected chi connectivity index (χ2v) is 6.49. The van der Waals surface area contributed by atoms with Crippen molar-refractivity contribution in [3.05, 3.63) is 56.5 Å². The highest BCUT2D eigenvalue weighted by atomic mass is 35.5. The van der Waals surface area contributed by atoms with Crippen LogP contribution in [-0.4, -0.2) is 12.0 Å². The fourth-order valence-electron chi connectivity index (χ4n) is 2.03. The molecule has 122 valence electrons. The molecule has 2 aromatic carbocycles. The van der Waals surface area contributed by atoms with Gasteiger partial charge >= 0.3 is 0 Å². The number of anilines is 1. The lowest BCUT2D eigenvalue weighted by Crippen LogP contribution is -2.30. The average Bonchev–Trinajstić information content (AvgIpc) is 2.47. The van der Waals surface area contributed by atoms with Crippen molar-refractivity contribution in [2.24, 2.45) is 0 Å².